The minimum absolute atomic E-state index is 0.581. The zero-order valence-corrected chi connectivity index (χ0v) is 10.5. The summed E-state index contributed by atoms with van der Waals surface area (Å²) >= 11 is 0. The van der Waals surface area contributed by atoms with Crippen molar-refractivity contribution in [1.82, 2.24) is 14.8 Å². The highest BCUT2D eigenvalue weighted by Gasteiger charge is 2.02. The molecule has 0 bridgehead atoms. The van der Waals surface area contributed by atoms with E-state index in [0.29, 0.717) is 5.82 Å². The Labute approximate surface area is 98.1 Å². The molecule has 90 valence electrons. The van der Waals surface area contributed by atoms with Crippen LogP contribution in [0, 0.1) is 0 Å². The maximum atomic E-state index is 5.54. The summed E-state index contributed by atoms with van der Waals surface area (Å²) in [5.41, 5.74) is 6.75. The molecule has 0 aliphatic carbocycles. The van der Waals surface area contributed by atoms with Gasteiger partial charge in [-0.15, -0.1) is 0 Å². The first-order valence-corrected chi connectivity index (χ1v) is 5.69. The number of nitrogens with zero attached hydrogens (tertiary/aromatic N) is 3. The Kier molecular flexibility index (Phi) is 5.22. The van der Waals surface area contributed by atoms with Gasteiger partial charge in [-0.2, -0.15) is 0 Å². The first-order valence-electron chi connectivity index (χ1n) is 5.69. The molecule has 0 unspecified atom stereocenters. The van der Waals surface area contributed by atoms with Crippen LogP contribution in [0.1, 0.15) is 12.5 Å². The maximum absolute atomic E-state index is 5.54. The standard InChI is InChI=1S/C12H22N4/c1-4-15(2)7-8-16(3)10-11-5-6-12(13)14-9-11/h5-6,9H,4,7-8,10H2,1-3H3,(H2,13,14). The molecule has 0 atom stereocenters. The molecule has 2 N–H and O–H groups in total. The molecule has 1 heterocycles. The van der Waals surface area contributed by atoms with Gasteiger partial charge in [-0.1, -0.05) is 13.0 Å². The van der Waals surface area contributed by atoms with E-state index in [2.05, 4.69) is 35.8 Å². The van der Waals surface area contributed by atoms with Crippen LogP contribution in [0.25, 0.3) is 0 Å². The van der Waals surface area contributed by atoms with E-state index in [1.807, 2.05) is 18.3 Å². The number of nitrogen functional groups attached to an aromatic ring is 1. The van der Waals surface area contributed by atoms with Crippen LogP contribution in [-0.4, -0.2) is 48.5 Å². The monoisotopic (exact) mass is 222 g/mol. The van der Waals surface area contributed by atoms with Crippen LogP contribution in [0.5, 0.6) is 0 Å². The molecule has 0 aliphatic heterocycles. The molecule has 0 radical (unpaired) electrons. The molecule has 0 amide bonds. The Hall–Kier alpha value is -1.13. The summed E-state index contributed by atoms with van der Waals surface area (Å²) in [7, 11) is 4.26. The van der Waals surface area contributed by atoms with Crippen LogP contribution in [0.3, 0.4) is 0 Å². The molecule has 16 heavy (non-hydrogen) atoms. The molecule has 0 spiro atoms. The first kappa shape index (κ1) is 12.9. The van der Waals surface area contributed by atoms with E-state index in [1.54, 1.807) is 0 Å². The number of hydrogen-bond acceptors (Lipinski definition) is 4. The van der Waals surface area contributed by atoms with Gasteiger partial charge >= 0.3 is 0 Å². The van der Waals surface area contributed by atoms with Crippen LogP contribution < -0.4 is 5.73 Å². The second-order valence-electron chi connectivity index (χ2n) is 4.22. The number of nitrogens with two attached hydrogens (primary N) is 1. The quantitative estimate of drug-likeness (QED) is 0.781. The molecule has 0 saturated carbocycles. The van der Waals surface area contributed by atoms with Gasteiger partial charge in [0.25, 0.3) is 0 Å². The molecule has 0 fully saturated rings. The van der Waals surface area contributed by atoms with Crippen molar-refractivity contribution in [3.63, 3.8) is 0 Å². The van der Waals surface area contributed by atoms with Gasteiger partial charge < -0.3 is 15.5 Å². The van der Waals surface area contributed by atoms with Crippen LogP contribution in [0.4, 0.5) is 5.82 Å². The molecule has 0 saturated heterocycles. The number of hydrogen-bond donors (Lipinski definition) is 1. The smallest absolute Gasteiger partial charge is 0.123 e. The van der Waals surface area contributed by atoms with Crippen molar-refractivity contribution in [1.29, 1.82) is 0 Å². The van der Waals surface area contributed by atoms with E-state index < -0.39 is 0 Å². The van der Waals surface area contributed by atoms with Crippen molar-refractivity contribution >= 4 is 5.82 Å². The van der Waals surface area contributed by atoms with Crippen LogP contribution in [-0.2, 0) is 6.54 Å². The maximum Gasteiger partial charge on any atom is 0.123 e. The Bertz CT molecular complexity index is 296. The van der Waals surface area contributed by atoms with Gasteiger partial charge in [0.1, 0.15) is 5.82 Å². The lowest BCUT2D eigenvalue weighted by Crippen LogP contribution is -2.30. The number of pyridine rings is 1. The van der Waals surface area contributed by atoms with Gasteiger partial charge in [0, 0.05) is 25.8 Å². The topological polar surface area (TPSA) is 45.4 Å². The lowest BCUT2D eigenvalue weighted by molar-refractivity contribution is 0.258. The van der Waals surface area contributed by atoms with Crippen molar-refractivity contribution < 1.29 is 0 Å². The Balaban J connectivity index is 2.33. The van der Waals surface area contributed by atoms with Gasteiger partial charge in [0.15, 0.2) is 0 Å². The highest BCUT2D eigenvalue weighted by atomic mass is 15.2. The van der Waals surface area contributed by atoms with E-state index in [1.165, 1.54) is 5.56 Å². The summed E-state index contributed by atoms with van der Waals surface area (Å²) < 4.78 is 0. The lowest BCUT2D eigenvalue weighted by Gasteiger charge is -2.20. The summed E-state index contributed by atoms with van der Waals surface area (Å²) in [6, 6.07) is 3.88. The fourth-order valence-electron chi connectivity index (χ4n) is 1.42. The summed E-state index contributed by atoms with van der Waals surface area (Å²) in [6.07, 6.45) is 1.84. The van der Waals surface area contributed by atoms with Gasteiger partial charge in [-0.05, 0) is 32.3 Å². The van der Waals surface area contributed by atoms with E-state index >= 15 is 0 Å². The molecule has 0 aliphatic rings. The molecule has 4 nitrogen and oxygen atoms in total. The van der Waals surface area contributed by atoms with Crippen LogP contribution in [0.2, 0.25) is 0 Å². The minimum Gasteiger partial charge on any atom is -0.384 e. The first-order chi connectivity index (χ1) is 7.61. The zero-order valence-electron chi connectivity index (χ0n) is 10.5. The second-order valence-corrected chi connectivity index (χ2v) is 4.22. The summed E-state index contributed by atoms with van der Waals surface area (Å²) in [5, 5.41) is 0. The molecule has 4 heteroatoms. The molecule has 1 aromatic rings. The Morgan fingerprint density at radius 3 is 2.44 bits per heavy atom. The fraction of sp³-hybridized carbons (Fsp3) is 0.583. The minimum atomic E-state index is 0.581. The average molecular weight is 222 g/mol. The van der Waals surface area contributed by atoms with Crippen molar-refractivity contribution in [2.75, 3.05) is 39.5 Å². The highest BCUT2D eigenvalue weighted by Crippen LogP contribution is 2.04. The molecule has 1 rings (SSSR count). The van der Waals surface area contributed by atoms with E-state index in [-0.39, 0.29) is 0 Å². The van der Waals surface area contributed by atoms with Gasteiger partial charge in [0.05, 0.1) is 0 Å². The van der Waals surface area contributed by atoms with Gasteiger partial charge in [0.2, 0.25) is 0 Å². The number of likely N-dealkylation sites (N-methyl/N-ethyl adjacent to an activating group) is 2. The van der Waals surface area contributed by atoms with Crippen molar-refractivity contribution in [2.45, 2.75) is 13.5 Å². The fourth-order valence-corrected chi connectivity index (χ4v) is 1.42. The van der Waals surface area contributed by atoms with Gasteiger partial charge in [-0.25, -0.2) is 4.98 Å². The second kappa shape index (κ2) is 6.45. The van der Waals surface area contributed by atoms with E-state index in [0.717, 1.165) is 26.2 Å². The Morgan fingerprint density at radius 2 is 1.88 bits per heavy atom. The van der Waals surface area contributed by atoms with Crippen LogP contribution >= 0.6 is 0 Å². The summed E-state index contributed by atoms with van der Waals surface area (Å²) in [5.74, 6) is 0.581. The Morgan fingerprint density at radius 1 is 1.19 bits per heavy atom. The van der Waals surface area contributed by atoms with Crippen LogP contribution in [0.15, 0.2) is 18.3 Å². The molecular weight excluding hydrogens is 200 g/mol. The summed E-state index contributed by atoms with van der Waals surface area (Å²) in [4.78, 5) is 8.68. The number of aromatic nitrogens is 1. The lowest BCUT2D eigenvalue weighted by atomic mass is 10.2. The highest BCUT2D eigenvalue weighted by molar-refractivity contribution is 5.29. The van der Waals surface area contributed by atoms with Crippen molar-refractivity contribution in [3.05, 3.63) is 23.9 Å². The SMILES string of the molecule is CCN(C)CCN(C)Cc1ccc(N)nc1. The van der Waals surface area contributed by atoms with E-state index in [4.69, 9.17) is 5.73 Å². The molecular formula is C12H22N4. The molecule has 0 aromatic carbocycles. The third-order valence-corrected chi connectivity index (χ3v) is 2.70. The average Bonchev–Trinajstić information content (AvgIpc) is 2.29. The summed E-state index contributed by atoms with van der Waals surface area (Å²) in [6.45, 7) is 6.34. The predicted molar refractivity (Wildman–Crippen MR) is 68.2 cm³/mol. The normalized spacial score (nSPS) is 11.3. The third-order valence-electron chi connectivity index (χ3n) is 2.70. The number of rotatable bonds is 6. The van der Waals surface area contributed by atoms with Gasteiger partial charge in [-0.3, -0.25) is 0 Å². The predicted octanol–water partition coefficient (Wildman–Crippen LogP) is 1.05. The largest absolute Gasteiger partial charge is 0.384 e. The molecule has 1 aromatic heterocycles. The van der Waals surface area contributed by atoms with Crippen molar-refractivity contribution in [3.8, 4) is 0 Å². The third kappa shape index (κ3) is 4.59. The van der Waals surface area contributed by atoms with E-state index in [9.17, 15) is 0 Å². The van der Waals surface area contributed by atoms with Crippen molar-refractivity contribution in [2.24, 2.45) is 0 Å². The zero-order chi connectivity index (χ0) is 12.0. The number of anilines is 1.